The van der Waals surface area contributed by atoms with Crippen LogP contribution in [0.15, 0.2) is 48.5 Å². The third-order valence-corrected chi connectivity index (χ3v) is 5.82. The second-order valence-corrected chi connectivity index (χ2v) is 7.63. The predicted molar refractivity (Wildman–Crippen MR) is 102 cm³/mol. The van der Waals surface area contributed by atoms with Crippen LogP contribution in [0.25, 0.3) is 0 Å². The Hall–Kier alpha value is -2.25. The van der Waals surface area contributed by atoms with E-state index in [1.807, 2.05) is 18.2 Å². The molecule has 2 heterocycles. The quantitative estimate of drug-likeness (QED) is 0.778. The highest BCUT2D eigenvalue weighted by Gasteiger charge is 2.49. The molecule has 4 nitrogen and oxygen atoms in total. The van der Waals surface area contributed by atoms with E-state index in [2.05, 4.69) is 22.2 Å². The van der Waals surface area contributed by atoms with Crippen LogP contribution in [0, 0.1) is 0 Å². The minimum atomic E-state index is -4.73. The molecule has 1 spiro atoms. The summed E-state index contributed by atoms with van der Waals surface area (Å²) in [6.45, 7) is 1.34. The molecule has 0 amide bonds. The summed E-state index contributed by atoms with van der Waals surface area (Å²) in [5.74, 6) is 0.230. The van der Waals surface area contributed by atoms with Crippen molar-refractivity contribution in [2.24, 2.45) is 0 Å². The van der Waals surface area contributed by atoms with Gasteiger partial charge in [-0.15, -0.1) is 13.2 Å². The van der Waals surface area contributed by atoms with Crippen molar-refractivity contribution < 1.29 is 27.4 Å². The molecule has 2 aromatic rings. The molecule has 0 aliphatic carbocycles. The van der Waals surface area contributed by atoms with Crippen LogP contribution in [-0.4, -0.2) is 32.2 Å². The van der Waals surface area contributed by atoms with E-state index in [0.29, 0.717) is 24.3 Å². The molecule has 2 aliphatic heterocycles. The van der Waals surface area contributed by atoms with E-state index in [0.717, 1.165) is 24.9 Å². The maximum absolute atomic E-state index is 12.7. The van der Waals surface area contributed by atoms with E-state index in [9.17, 15) is 13.2 Å². The highest BCUT2D eigenvalue weighted by Crippen LogP contribution is 2.50. The van der Waals surface area contributed by atoms with Gasteiger partial charge in [-0.3, -0.25) is 0 Å². The van der Waals surface area contributed by atoms with Gasteiger partial charge in [0.2, 0.25) is 0 Å². The molecule has 0 radical (unpaired) electrons. The van der Waals surface area contributed by atoms with Gasteiger partial charge in [0, 0.05) is 11.5 Å². The Morgan fingerprint density at radius 1 is 1.14 bits per heavy atom. The van der Waals surface area contributed by atoms with Crippen LogP contribution < -0.4 is 14.8 Å². The maximum atomic E-state index is 12.7. The molecule has 29 heavy (non-hydrogen) atoms. The monoisotopic (exact) mass is 407 g/mol. The van der Waals surface area contributed by atoms with Gasteiger partial charge in [-0.05, 0) is 49.6 Å². The van der Waals surface area contributed by atoms with Crippen molar-refractivity contribution in [2.45, 2.75) is 43.2 Å². The van der Waals surface area contributed by atoms with Gasteiger partial charge >= 0.3 is 6.36 Å². The van der Waals surface area contributed by atoms with Gasteiger partial charge in [0.05, 0.1) is 25.4 Å². The standard InChI is InChI=1S/C22H24F3NO3/c1-27-19-9-8-17(29-22(23,24)25)12-18(19)16-13-21(28-14-16)10-5-11-26-20(21)15-6-3-2-4-7-15/h2-4,6-9,12,16,20,26H,5,10-11,13-14H2,1H3/t16-,20?,21?/m1/s1. The SMILES string of the molecule is COc1ccc(OC(F)(F)F)cc1[C@H]1COC2(CCCNC2c2ccccc2)C1. The molecule has 7 heteroatoms. The molecule has 2 aromatic carbocycles. The molecule has 0 bridgehead atoms. The number of nitrogens with one attached hydrogen (secondary N) is 1. The second-order valence-electron chi connectivity index (χ2n) is 7.63. The number of piperidine rings is 1. The van der Waals surface area contributed by atoms with E-state index >= 15 is 0 Å². The number of methoxy groups -OCH3 is 1. The van der Waals surface area contributed by atoms with E-state index in [1.165, 1.54) is 25.3 Å². The minimum Gasteiger partial charge on any atom is -0.496 e. The Bertz CT molecular complexity index is 843. The molecule has 4 rings (SSSR count). The number of alkyl halides is 3. The number of halogens is 3. The second kappa shape index (κ2) is 7.88. The van der Waals surface area contributed by atoms with Crippen LogP contribution in [0.3, 0.4) is 0 Å². The molecule has 1 N–H and O–H groups in total. The first-order valence-electron chi connectivity index (χ1n) is 9.76. The third kappa shape index (κ3) is 4.21. The lowest BCUT2D eigenvalue weighted by atomic mass is 9.77. The van der Waals surface area contributed by atoms with Gasteiger partial charge < -0.3 is 19.5 Å². The van der Waals surface area contributed by atoms with Gasteiger partial charge in [0.25, 0.3) is 0 Å². The highest BCUT2D eigenvalue weighted by molar-refractivity contribution is 5.43. The third-order valence-electron chi connectivity index (χ3n) is 5.82. The normalized spacial score (nSPS) is 27.2. The Kier molecular flexibility index (Phi) is 5.44. The van der Waals surface area contributed by atoms with Gasteiger partial charge in [-0.2, -0.15) is 0 Å². The Labute approximate surface area is 168 Å². The van der Waals surface area contributed by atoms with Gasteiger partial charge in [-0.25, -0.2) is 0 Å². The number of rotatable bonds is 4. The first kappa shape index (κ1) is 20.0. The molecule has 2 aliphatic rings. The largest absolute Gasteiger partial charge is 0.573 e. The number of ether oxygens (including phenoxy) is 3. The van der Waals surface area contributed by atoms with Crippen LogP contribution in [-0.2, 0) is 4.74 Å². The lowest BCUT2D eigenvalue weighted by molar-refractivity contribution is -0.274. The van der Waals surface area contributed by atoms with Crippen LogP contribution in [0.1, 0.15) is 42.3 Å². The first-order chi connectivity index (χ1) is 13.9. The van der Waals surface area contributed by atoms with E-state index in [1.54, 1.807) is 0 Å². The van der Waals surface area contributed by atoms with Crippen LogP contribution in [0.5, 0.6) is 11.5 Å². The minimum absolute atomic E-state index is 0.0445. The lowest BCUT2D eigenvalue weighted by Crippen LogP contribution is -2.48. The molecule has 0 aromatic heterocycles. The van der Waals surface area contributed by atoms with Gasteiger partial charge in [-0.1, -0.05) is 30.3 Å². The number of benzene rings is 2. The average molecular weight is 407 g/mol. The fourth-order valence-electron chi connectivity index (χ4n) is 4.64. The Morgan fingerprint density at radius 2 is 1.93 bits per heavy atom. The Balaban J connectivity index is 1.62. The van der Waals surface area contributed by atoms with Crippen LogP contribution in [0.4, 0.5) is 13.2 Å². The van der Waals surface area contributed by atoms with Crippen molar-refractivity contribution in [3.63, 3.8) is 0 Å². The van der Waals surface area contributed by atoms with Crippen molar-refractivity contribution in [1.29, 1.82) is 0 Å². The zero-order chi connectivity index (χ0) is 20.5. The molecule has 3 atom stereocenters. The highest BCUT2D eigenvalue weighted by atomic mass is 19.4. The Morgan fingerprint density at radius 3 is 2.66 bits per heavy atom. The molecule has 2 saturated heterocycles. The molecule has 2 unspecified atom stereocenters. The van der Waals surface area contributed by atoms with Crippen molar-refractivity contribution in [2.75, 3.05) is 20.3 Å². The summed E-state index contributed by atoms with van der Waals surface area (Å²) in [7, 11) is 1.52. The molecule has 2 fully saturated rings. The first-order valence-corrected chi connectivity index (χ1v) is 9.76. The summed E-state index contributed by atoms with van der Waals surface area (Å²) >= 11 is 0. The summed E-state index contributed by atoms with van der Waals surface area (Å²) in [5.41, 5.74) is 1.45. The summed E-state index contributed by atoms with van der Waals surface area (Å²) in [4.78, 5) is 0. The molecule has 156 valence electrons. The number of hydrogen-bond donors (Lipinski definition) is 1. The fraction of sp³-hybridized carbons (Fsp3) is 0.455. The van der Waals surface area contributed by atoms with Crippen molar-refractivity contribution in [1.82, 2.24) is 5.32 Å². The summed E-state index contributed by atoms with van der Waals surface area (Å²) in [6.07, 6.45) is -2.14. The van der Waals surface area contributed by atoms with Crippen molar-refractivity contribution in [3.8, 4) is 11.5 Å². The molecular weight excluding hydrogens is 383 g/mol. The zero-order valence-electron chi connectivity index (χ0n) is 16.2. The smallest absolute Gasteiger partial charge is 0.496 e. The number of hydrogen-bond acceptors (Lipinski definition) is 4. The summed E-state index contributed by atoms with van der Waals surface area (Å²) in [6, 6.07) is 14.4. The molecular formula is C22H24F3NO3. The summed E-state index contributed by atoms with van der Waals surface area (Å²) in [5, 5.41) is 3.58. The fourth-order valence-corrected chi connectivity index (χ4v) is 4.64. The topological polar surface area (TPSA) is 39.7 Å². The zero-order valence-corrected chi connectivity index (χ0v) is 16.2. The van der Waals surface area contributed by atoms with E-state index in [-0.39, 0.29) is 17.7 Å². The van der Waals surface area contributed by atoms with E-state index in [4.69, 9.17) is 9.47 Å². The van der Waals surface area contributed by atoms with Crippen LogP contribution >= 0.6 is 0 Å². The van der Waals surface area contributed by atoms with E-state index < -0.39 is 12.0 Å². The molecule has 0 saturated carbocycles. The van der Waals surface area contributed by atoms with Gasteiger partial charge in [0.1, 0.15) is 11.5 Å². The average Bonchev–Trinajstić information content (AvgIpc) is 3.12. The summed E-state index contributed by atoms with van der Waals surface area (Å²) < 4.78 is 53.9. The van der Waals surface area contributed by atoms with Crippen molar-refractivity contribution in [3.05, 3.63) is 59.7 Å². The van der Waals surface area contributed by atoms with Gasteiger partial charge in [0.15, 0.2) is 0 Å². The van der Waals surface area contributed by atoms with Crippen molar-refractivity contribution >= 4 is 0 Å². The van der Waals surface area contributed by atoms with Crippen LogP contribution in [0.2, 0.25) is 0 Å². The lowest BCUT2D eigenvalue weighted by Gasteiger charge is -2.41. The predicted octanol–water partition coefficient (Wildman–Crippen LogP) is 4.96. The maximum Gasteiger partial charge on any atom is 0.573 e.